The van der Waals surface area contributed by atoms with E-state index < -0.39 is 0 Å². The monoisotopic (exact) mass is 223 g/mol. The van der Waals surface area contributed by atoms with Gasteiger partial charge >= 0.3 is 0 Å². The fourth-order valence-electron chi connectivity index (χ4n) is 0.244. The molecule has 0 aromatic carbocycles. The molecule has 0 radical (unpaired) electrons. The fraction of sp³-hybridized carbons (Fsp3) is 0.250. The molecule has 1 aliphatic heterocycles. The highest BCUT2D eigenvalue weighted by molar-refractivity contribution is 14.1. The summed E-state index contributed by atoms with van der Waals surface area (Å²) in [5.74, 6) is 2.84. The Labute approximate surface area is 60.1 Å². The molecule has 1 nitrogen and oxygen atoms in total. The number of rotatable bonds is 0. The van der Waals surface area contributed by atoms with Gasteiger partial charge < -0.3 is 0 Å². The summed E-state index contributed by atoms with van der Waals surface area (Å²) < 4.78 is 1.05. The molecule has 7 heavy (non-hydrogen) atoms. The summed E-state index contributed by atoms with van der Waals surface area (Å²) in [4.78, 5) is 4.02. The molecule has 0 amide bonds. The van der Waals surface area contributed by atoms with Crippen molar-refractivity contribution < 1.29 is 0 Å². The zero-order valence-electron chi connectivity index (χ0n) is 3.44. The Balaban J connectivity index is 2.58. The molecule has 0 spiro atoms. The Bertz CT molecular complexity index is 153. The highest BCUT2D eigenvalue weighted by Crippen LogP contribution is 2.10. The first-order valence-corrected chi connectivity index (χ1v) is 3.64. The van der Waals surface area contributed by atoms with E-state index in [4.69, 9.17) is 0 Å². The molecule has 0 fully saturated rings. The van der Waals surface area contributed by atoms with E-state index in [1.165, 1.54) is 11.8 Å². The van der Waals surface area contributed by atoms with Gasteiger partial charge in [0.2, 0.25) is 0 Å². The van der Waals surface area contributed by atoms with Gasteiger partial charge in [0.1, 0.15) is 9.60 Å². The highest BCUT2D eigenvalue weighted by Gasteiger charge is 1.91. The second-order valence-electron chi connectivity index (χ2n) is 0.950. The van der Waals surface area contributed by atoms with Crippen LogP contribution < -0.4 is 0 Å². The number of aliphatic imine (C=N–C) groups is 1. The van der Waals surface area contributed by atoms with E-state index in [-0.39, 0.29) is 0 Å². The molecule has 1 rings (SSSR count). The first-order chi connectivity index (χ1) is 3.39. The maximum atomic E-state index is 4.02. The van der Waals surface area contributed by atoms with Gasteiger partial charge in [0.25, 0.3) is 0 Å². The van der Waals surface area contributed by atoms with E-state index in [0.29, 0.717) is 6.54 Å². The lowest BCUT2D eigenvalue weighted by molar-refractivity contribution is 1.31. The topological polar surface area (TPSA) is 12.4 Å². The summed E-state index contributed by atoms with van der Waals surface area (Å²) in [7, 11) is 0. The molecule has 0 bridgehead atoms. The van der Waals surface area contributed by atoms with Gasteiger partial charge in [-0.05, 0) is 39.6 Å². The van der Waals surface area contributed by atoms with Gasteiger partial charge in [0.15, 0.2) is 0 Å². The van der Waals surface area contributed by atoms with Crippen molar-refractivity contribution >= 4 is 37.4 Å². The van der Waals surface area contributed by atoms with Gasteiger partial charge in [-0.2, -0.15) is 0 Å². The lowest BCUT2D eigenvalue weighted by Crippen LogP contribution is -1.83. The molecular weight excluding hydrogens is 221 g/mol. The van der Waals surface area contributed by atoms with Crippen LogP contribution in [0.5, 0.6) is 0 Å². The van der Waals surface area contributed by atoms with E-state index in [0.717, 1.165) is 3.05 Å². The summed E-state index contributed by atoms with van der Waals surface area (Å²) in [5, 5.41) is 2.86. The van der Waals surface area contributed by atoms with Crippen LogP contribution in [0, 0.1) is 11.2 Å². The molecule has 0 aromatic rings. The molecule has 0 aromatic heterocycles. The van der Waals surface area contributed by atoms with Crippen molar-refractivity contribution in [2.24, 2.45) is 4.99 Å². The Morgan fingerprint density at radius 2 is 2.71 bits per heavy atom. The van der Waals surface area contributed by atoms with Crippen LogP contribution >= 0.6 is 34.4 Å². The molecule has 0 aliphatic carbocycles. The zero-order valence-corrected chi connectivity index (χ0v) is 6.41. The molecule has 3 heteroatoms. The maximum absolute atomic E-state index is 4.02. The Hall–Kier alpha value is 0.310. The van der Waals surface area contributed by atoms with Crippen LogP contribution in [-0.2, 0) is 0 Å². The van der Waals surface area contributed by atoms with E-state index in [9.17, 15) is 0 Å². The SMILES string of the molecule is IC1=NCC#CS1. The first-order valence-electron chi connectivity index (χ1n) is 1.74. The lowest BCUT2D eigenvalue weighted by atomic mass is 10.7. The predicted octanol–water partition coefficient (Wildman–Crippen LogP) is 1.49. The van der Waals surface area contributed by atoms with Crippen LogP contribution in [0.1, 0.15) is 0 Å². The number of thioether (sulfide) groups is 1. The molecular formula is C4H2INS. The first kappa shape index (κ1) is 5.45. The molecule has 1 heterocycles. The number of nitrogens with zero attached hydrogens (tertiary/aromatic N) is 1. The van der Waals surface area contributed by atoms with E-state index >= 15 is 0 Å². The zero-order chi connectivity index (χ0) is 5.11. The third-order valence-corrected chi connectivity index (χ3v) is 2.04. The van der Waals surface area contributed by atoms with E-state index in [1.54, 1.807) is 0 Å². The highest BCUT2D eigenvalue weighted by atomic mass is 127. The minimum absolute atomic E-state index is 0.686. The second kappa shape index (κ2) is 2.58. The average Bonchev–Trinajstić information content (AvgIpc) is 1.69. The van der Waals surface area contributed by atoms with Crippen molar-refractivity contribution in [3.8, 4) is 11.2 Å². The van der Waals surface area contributed by atoms with Crippen molar-refractivity contribution in [3.63, 3.8) is 0 Å². The van der Waals surface area contributed by atoms with Gasteiger partial charge in [-0.3, -0.25) is 4.99 Å². The number of hydrogen-bond acceptors (Lipinski definition) is 2. The Kier molecular flexibility index (Phi) is 2.00. The standard InChI is InChI=1S/C4H2INS/c5-4-6-2-1-3-7-4/h2H2. The second-order valence-corrected chi connectivity index (χ2v) is 3.50. The van der Waals surface area contributed by atoms with Gasteiger partial charge in [-0.1, -0.05) is 5.92 Å². The summed E-state index contributed by atoms with van der Waals surface area (Å²) in [6.45, 7) is 0.686. The van der Waals surface area contributed by atoms with Crippen LogP contribution in [-0.4, -0.2) is 9.60 Å². The van der Waals surface area contributed by atoms with Gasteiger partial charge in [0, 0.05) is 0 Å². The largest absolute Gasteiger partial charge is 0.258 e. The summed E-state index contributed by atoms with van der Waals surface area (Å²) in [5.41, 5.74) is 0. The van der Waals surface area contributed by atoms with E-state index in [1.807, 2.05) is 0 Å². The fourth-order valence-corrected chi connectivity index (χ4v) is 1.10. The number of halogens is 1. The predicted molar refractivity (Wildman–Crippen MR) is 41.7 cm³/mol. The third kappa shape index (κ3) is 1.70. The van der Waals surface area contributed by atoms with Crippen molar-refractivity contribution in [1.82, 2.24) is 0 Å². The average molecular weight is 223 g/mol. The third-order valence-electron chi connectivity index (χ3n) is 0.490. The molecule has 0 unspecified atom stereocenters. The normalized spacial score (nSPS) is 17.0. The van der Waals surface area contributed by atoms with Gasteiger partial charge in [0.05, 0.1) is 0 Å². The lowest BCUT2D eigenvalue weighted by Gasteiger charge is -1.90. The van der Waals surface area contributed by atoms with E-state index in [2.05, 4.69) is 38.8 Å². The van der Waals surface area contributed by atoms with Crippen molar-refractivity contribution in [2.75, 3.05) is 6.54 Å². The molecule has 36 valence electrons. The molecule has 1 aliphatic rings. The van der Waals surface area contributed by atoms with Crippen molar-refractivity contribution in [3.05, 3.63) is 0 Å². The smallest absolute Gasteiger partial charge is 0.142 e. The quantitative estimate of drug-likeness (QED) is 0.447. The number of hydrogen-bond donors (Lipinski definition) is 0. The van der Waals surface area contributed by atoms with Crippen LogP contribution in [0.2, 0.25) is 0 Å². The van der Waals surface area contributed by atoms with Crippen LogP contribution in [0.15, 0.2) is 4.99 Å². The van der Waals surface area contributed by atoms with Crippen LogP contribution in [0.4, 0.5) is 0 Å². The summed E-state index contributed by atoms with van der Waals surface area (Å²) in [6.07, 6.45) is 0. The molecule has 0 saturated heterocycles. The minimum Gasteiger partial charge on any atom is -0.258 e. The Morgan fingerprint density at radius 1 is 1.86 bits per heavy atom. The van der Waals surface area contributed by atoms with Crippen LogP contribution in [0.25, 0.3) is 0 Å². The molecule has 0 N–H and O–H groups in total. The van der Waals surface area contributed by atoms with Crippen molar-refractivity contribution in [2.45, 2.75) is 0 Å². The van der Waals surface area contributed by atoms with Crippen molar-refractivity contribution in [1.29, 1.82) is 0 Å². The molecule has 0 saturated carbocycles. The Morgan fingerprint density at radius 3 is 3.00 bits per heavy atom. The minimum atomic E-state index is 0.686. The van der Waals surface area contributed by atoms with Gasteiger partial charge in [-0.25, -0.2) is 0 Å². The maximum Gasteiger partial charge on any atom is 0.142 e. The summed E-state index contributed by atoms with van der Waals surface area (Å²) >= 11 is 3.66. The van der Waals surface area contributed by atoms with Crippen LogP contribution in [0.3, 0.4) is 0 Å². The molecule has 0 atom stereocenters. The van der Waals surface area contributed by atoms with Gasteiger partial charge in [-0.15, -0.1) is 0 Å². The summed E-state index contributed by atoms with van der Waals surface area (Å²) in [6, 6.07) is 0.